The number of allylic oxidation sites excluding steroid dienone is 1. The molecule has 0 aliphatic carbocycles. The van der Waals surface area contributed by atoms with Crippen molar-refractivity contribution in [2.75, 3.05) is 13.1 Å². The first kappa shape index (κ1) is 32.2. The Bertz CT molecular complexity index is 1290. The number of fused-ring (bicyclic) bond motifs is 1. The first-order valence-electron chi connectivity index (χ1n) is 13.0. The Morgan fingerprint density at radius 2 is 2.05 bits per heavy atom. The quantitative estimate of drug-likeness (QED) is 0.326. The molecule has 1 fully saturated rings. The van der Waals surface area contributed by atoms with Gasteiger partial charge in [0.1, 0.15) is 29.0 Å². The maximum atomic E-state index is 9.62. The summed E-state index contributed by atoms with van der Waals surface area (Å²) in [5.74, 6) is 0.558. The zero-order valence-electron chi connectivity index (χ0n) is 23.3. The van der Waals surface area contributed by atoms with Crippen LogP contribution in [0.15, 0.2) is 54.0 Å². The van der Waals surface area contributed by atoms with Crippen molar-refractivity contribution in [3.63, 3.8) is 0 Å². The molecule has 1 aliphatic rings. The third-order valence-electron chi connectivity index (χ3n) is 5.84. The molecule has 0 saturated carbocycles. The standard InChI is InChI=1S/C25H28N7O.C4H10O.W/c1-3-23(22-6-4-5-9-29-22)33-24-12-18(16-32-25(24)19(13-26)15-30-32)21(14-27)17(2)31-20-7-10-28-11-8-20;1-4(2,3)5;/h4-6,9,12,14-16,20,23H,3,7-8,10-11,27H2,1-2H3;5H,1-3H3;/q-1;;/b21-14+,31-17?;;. The van der Waals surface area contributed by atoms with E-state index in [0.717, 1.165) is 54.9 Å². The first-order chi connectivity index (χ1) is 18.1. The van der Waals surface area contributed by atoms with Crippen LogP contribution in [0.3, 0.4) is 0 Å². The molecule has 4 rings (SSSR count). The zero-order valence-corrected chi connectivity index (χ0v) is 26.3. The summed E-state index contributed by atoms with van der Waals surface area (Å²) >= 11 is 0. The molecular formula is C29H38N7O2W-. The van der Waals surface area contributed by atoms with Gasteiger partial charge in [0.25, 0.3) is 0 Å². The van der Waals surface area contributed by atoms with Crippen molar-refractivity contribution in [1.82, 2.24) is 14.6 Å². The van der Waals surface area contributed by atoms with Crippen molar-refractivity contribution in [2.45, 2.75) is 71.6 Å². The van der Waals surface area contributed by atoms with Gasteiger partial charge in [0.2, 0.25) is 0 Å². The fourth-order valence-electron chi connectivity index (χ4n) is 4.11. The van der Waals surface area contributed by atoms with Crippen LogP contribution in [0, 0.1) is 11.3 Å². The third-order valence-corrected chi connectivity index (χ3v) is 5.84. The van der Waals surface area contributed by atoms with E-state index in [2.05, 4.69) is 21.5 Å². The predicted octanol–water partition coefficient (Wildman–Crippen LogP) is 5.20. The smallest absolute Gasteiger partial charge is 0.148 e. The second-order valence-corrected chi connectivity index (χ2v) is 10.2. The Hall–Kier alpha value is -3.05. The van der Waals surface area contributed by atoms with Gasteiger partial charge < -0.3 is 20.9 Å². The topological polar surface area (TPSA) is 136 Å². The van der Waals surface area contributed by atoms with Gasteiger partial charge in [-0.25, -0.2) is 4.52 Å². The molecule has 9 nitrogen and oxygen atoms in total. The van der Waals surface area contributed by atoms with Crippen LogP contribution in [0.5, 0.6) is 5.75 Å². The average Bonchev–Trinajstić information content (AvgIpc) is 3.31. The van der Waals surface area contributed by atoms with Crippen molar-refractivity contribution < 1.29 is 30.9 Å². The van der Waals surface area contributed by atoms with Gasteiger partial charge in [-0.05, 0) is 65.2 Å². The molecule has 4 heterocycles. The summed E-state index contributed by atoms with van der Waals surface area (Å²) in [4.78, 5) is 9.37. The molecule has 0 spiro atoms. The van der Waals surface area contributed by atoms with Crippen molar-refractivity contribution in [2.24, 2.45) is 10.7 Å². The Morgan fingerprint density at radius 1 is 1.36 bits per heavy atom. The number of piperidine rings is 1. The Kier molecular flexibility index (Phi) is 12.3. The van der Waals surface area contributed by atoms with Gasteiger partial charge in [-0.15, -0.1) is 13.1 Å². The fourth-order valence-corrected chi connectivity index (χ4v) is 4.11. The summed E-state index contributed by atoms with van der Waals surface area (Å²) in [6, 6.07) is 10.1. The van der Waals surface area contributed by atoms with Gasteiger partial charge in [0.15, 0.2) is 0 Å². The van der Waals surface area contributed by atoms with Crippen molar-refractivity contribution in [1.29, 1.82) is 5.26 Å². The molecule has 1 saturated heterocycles. The number of aliphatic hydroxyl groups is 1. The SMILES string of the molecule is CC(C)(C)O.CCC(Oc1cc(/C(=C/N)C(C)=NC2CC[N-]CC2)cn2ncc(C#N)c12)c1ccccn1.[W]. The molecule has 3 N–H and O–H groups in total. The van der Waals surface area contributed by atoms with Gasteiger partial charge >= 0.3 is 0 Å². The number of ether oxygens (including phenoxy) is 1. The number of aliphatic imine (C=N–C) groups is 1. The summed E-state index contributed by atoms with van der Waals surface area (Å²) in [7, 11) is 0. The second kappa shape index (κ2) is 14.9. The summed E-state index contributed by atoms with van der Waals surface area (Å²) < 4.78 is 8.11. The second-order valence-electron chi connectivity index (χ2n) is 10.2. The van der Waals surface area contributed by atoms with E-state index in [4.69, 9.17) is 20.6 Å². The molecule has 0 bridgehead atoms. The Balaban J connectivity index is 0.000000816. The number of hydrogen-bond donors (Lipinski definition) is 2. The molecule has 1 atom stereocenters. The van der Waals surface area contributed by atoms with Crippen LogP contribution in [0.4, 0.5) is 0 Å². The van der Waals surface area contributed by atoms with Crippen LogP contribution < -0.4 is 10.5 Å². The third kappa shape index (κ3) is 9.28. The van der Waals surface area contributed by atoms with Gasteiger partial charge in [0.05, 0.1) is 17.5 Å². The van der Waals surface area contributed by atoms with Crippen molar-refractivity contribution in [3.8, 4) is 11.8 Å². The number of rotatable bonds is 7. The molecule has 0 amide bonds. The number of nitriles is 1. The van der Waals surface area contributed by atoms with E-state index in [1.165, 1.54) is 0 Å². The summed E-state index contributed by atoms with van der Waals surface area (Å²) in [5, 5.41) is 26.9. The summed E-state index contributed by atoms with van der Waals surface area (Å²) in [6.45, 7) is 10.9. The summed E-state index contributed by atoms with van der Waals surface area (Å²) in [6.07, 6.45) is 9.09. The first-order valence-corrected chi connectivity index (χ1v) is 13.0. The van der Waals surface area contributed by atoms with Gasteiger partial charge in [-0.2, -0.15) is 10.4 Å². The minimum atomic E-state index is -0.500. The van der Waals surface area contributed by atoms with Crippen LogP contribution in [-0.4, -0.2) is 50.1 Å². The van der Waals surface area contributed by atoms with E-state index in [1.807, 2.05) is 44.3 Å². The Morgan fingerprint density at radius 3 is 2.62 bits per heavy atom. The molecule has 1 unspecified atom stereocenters. The predicted molar refractivity (Wildman–Crippen MR) is 151 cm³/mol. The van der Waals surface area contributed by atoms with E-state index in [0.29, 0.717) is 16.8 Å². The molecule has 0 radical (unpaired) electrons. The van der Waals surface area contributed by atoms with E-state index >= 15 is 0 Å². The molecule has 1 aliphatic heterocycles. The van der Waals surface area contributed by atoms with Crippen LogP contribution >= 0.6 is 0 Å². The maximum absolute atomic E-state index is 9.62. The van der Waals surface area contributed by atoms with Crippen molar-refractivity contribution in [3.05, 3.63) is 71.2 Å². The van der Waals surface area contributed by atoms with Crippen molar-refractivity contribution >= 4 is 16.8 Å². The zero-order chi connectivity index (χ0) is 27.7. The molecule has 10 heteroatoms. The fraction of sp³-hybridized carbons (Fsp3) is 0.448. The van der Waals surface area contributed by atoms with E-state index in [-0.39, 0.29) is 33.2 Å². The van der Waals surface area contributed by atoms with Crippen LogP contribution in [0.25, 0.3) is 16.4 Å². The molecule has 3 aromatic heterocycles. The number of nitrogens with two attached hydrogens (primary N) is 1. The minimum Gasteiger partial charge on any atom is -0.662 e. The number of nitrogens with zero attached hydrogens (tertiary/aromatic N) is 6. The van der Waals surface area contributed by atoms with Gasteiger partial charge in [-0.3, -0.25) is 9.98 Å². The van der Waals surface area contributed by atoms with Crippen LogP contribution in [0.2, 0.25) is 0 Å². The minimum absolute atomic E-state index is 0. The summed E-state index contributed by atoms with van der Waals surface area (Å²) in [5.41, 5.74) is 9.95. The number of aromatic nitrogens is 3. The Labute approximate surface area is 245 Å². The van der Waals surface area contributed by atoms with Gasteiger partial charge in [-0.1, -0.05) is 13.0 Å². The normalized spacial score (nSPS) is 15.5. The number of hydrogen-bond acceptors (Lipinski definition) is 7. The van der Waals surface area contributed by atoms with E-state index in [9.17, 15) is 5.26 Å². The maximum Gasteiger partial charge on any atom is 0.148 e. The van der Waals surface area contributed by atoms with Gasteiger partial charge in [0, 0.05) is 62.5 Å². The van der Waals surface area contributed by atoms with Crippen LogP contribution in [-0.2, 0) is 21.1 Å². The molecule has 3 aromatic rings. The van der Waals surface area contributed by atoms with Crippen LogP contribution in [0.1, 0.15) is 76.8 Å². The molecule has 0 aromatic carbocycles. The molecular weight excluding hydrogens is 662 g/mol. The average molecular weight is 701 g/mol. The number of pyridine rings is 2. The van der Waals surface area contributed by atoms with E-state index < -0.39 is 5.60 Å². The monoisotopic (exact) mass is 700 g/mol. The largest absolute Gasteiger partial charge is 0.662 e. The van der Waals surface area contributed by atoms with E-state index in [1.54, 1.807) is 43.9 Å². The molecule has 39 heavy (non-hydrogen) atoms. The molecule has 208 valence electrons.